The van der Waals surface area contributed by atoms with Gasteiger partial charge in [-0.1, -0.05) is 54.1 Å². The van der Waals surface area contributed by atoms with Gasteiger partial charge in [-0.2, -0.15) is 0 Å². The SMILES string of the molecule is Cc1ccc(Cc2ccc(NC(=O)C3CCN([S+]([O-])C4=CC=CCC4)CC3)cc2)cc1. The lowest BCUT2D eigenvalue weighted by Gasteiger charge is -2.32. The maximum absolute atomic E-state index is 12.7. The van der Waals surface area contributed by atoms with Crippen LogP contribution >= 0.6 is 0 Å². The zero-order valence-electron chi connectivity index (χ0n) is 18.0. The van der Waals surface area contributed by atoms with Crippen LogP contribution in [0.4, 0.5) is 5.69 Å². The molecule has 1 amide bonds. The van der Waals surface area contributed by atoms with E-state index in [2.05, 4.69) is 54.7 Å². The number of hydrogen-bond donors (Lipinski definition) is 1. The van der Waals surface area contributed by atoms with Crippen molar-refractivity contribution in [2.24, 2.45) is 5.92 Å². The molecule has 1 N–H and O–H groups in total. The molecule has 2 aliphatic rings. The van der Waals surface area contributed by atoms with Gasteiger partial charge in [0.2, 0.25) is 5.91 Å². The molecule has 0 bridgehead atoms. The van der Waals surface area contributed by atoms with Gasteiger partial charge in [-0.05, 0) is 61.9 Å². The smallest absolute Gasteiger partial charge is 0.227 e. The molecule has 1 heterocycles. The van der Waals surface area contributed by atoms with Gasteiger partial charge in [0.05, 0.1) is 11.4 Å². The van der Waals surface area contributed by atoms with Gasteiger partial charge in [-0.25, -0.2) is 0 Å². The molecule has 5 heteroatoms. The van der Waals surface area contributed by atoms with E-state index in [1.165, 1.54) is 16.7 Å². The van der Waals surface area contributed by atoms with E-state index >= 15 is 0 Å². The number of aryl methyl sites for hydroxylation is 1. The van der Waals surface area contributed by atoms with Crippen molar-refractivity contribution < 1.29 is 9.35 Å². The zero-order chi connectivity index (χ0) is 21.6. The summed E-state index contributed by atoms with van der Waals surface area (Å²) in [5, 5.41) is 3.06. The van der Waals surface area contributed by atoms with E-state index in [-0.39, 0.29) is 11.8 Å². The molecule has 0 aromatic heterocycles. The first-order valence-electron chi connectivity index (χ1n) is 11.1. The normalized spacial score (nSPS) is 18.5. The summed E-state index contributed by atoms with van der Waals surface area (Å²) < 4.78 is 14.7. The number of benzene rings is 2. The number of hydrogen-bond acceptors (Lipinski definition) is 3. The molecule has 1 aliphatic heterocycles. The summed E-state index contributed by atoms with van der Waals surface area (Å²) >= 11 is -1.07. The molecular weight excluding hydrogens is 404 g/mol. The first kappa shape index (κ1) is 21.9. The largest absolute Gasteiger partial charge is 0.593 e. The third-order valence-corrected chi connectivity index (χ3v) is 7.63. The Morgan fingerprint density at radius 3 is 2.32 bits per heavy atom. The molecule has 0 radical (unpaired) electrons. The van der Waals surface area contributed by atoms with Crippen LogP contribution in [-0.4, -0.2) is 27.9 Å². The Morgan fingerprint density at radius 2 is 1.71 bits per heavy atom. The van der Waals surface area contributed by atoms with Crippen molar-refractivity contribution >= 4 is 23.0 Å². The first-order chi connectivity index (χ1) is 15.1. The molecule has 2 aromatic carbocycles. The fourth-order valence-electron chi connectivity index (χ4n) is 4.07. The Morgan fingerprint density at radius 1 is 1.06 bits per heavy atom. The van der Waals surface area contributed by atoms with Crippen molar-refractivity contribution in [3.63, 3.8) is 0 Å². The highest BCUT2D eigenvalue weighted by Crippen LogP contribution is 2.27. The van der Waals surface area contributed by atoms with E-state index in [4.69, 9.17) is 0 Å². The molecule has 1 saturated heterocycles. The summed E-state index contributed by atoms with van der Waals surface area (Å²) in [5.74, 6) is 0.0391. The number of amides is 1. The van der Waals surface area contributed by atoms with Crippen LogP contribution < -0.4 is 5.32 Å². The molecule has 1 aliphatic carbocycles. The molecular formula is C26H30N2O2S. The van der Waals surface area contributed by atoms with Gasteiger partial charge in [-0.15, -0.1) is 4.31 Å². The molecule has 4 rings (SSSR count). The number of allylic oxidation sites excluding steroid dienone is 4. The molecule has 1 atom stereocenters. The fourth-order valence-corrected chi connectivity index (χ4v) is 5.43. The zero-order valence-corrected chi connectivity index (χ0v) is 18.9. The number of piperidine rings is 1. The second-order valence-corrected chi connectivity index (χ2v) is 9.94. The average molecular weight is 435 g/mol. The third kappa shape index (κ3) is 5.88. The highest BCUT2D eigenvalue weighted by atomic mass is 32.2. The highest BCUT2D eigenvalue weighted by Gasteiger charge is 2.32. The number of carbonyl (C=O) groups is 1. The van der Waals surface area contributed by atoms with Crippen LogP contribution in [0.15, 0.2) is 71.7 Å². The standard InChI is InChI=1S/C26H30N2O2S/c1-20-7-9-21(10-8-20)19-22-11-13-24(14-12-22)27-26(29)23-15-17-28(18-16-23)31(30)25-5-3-2-4-6-25/h2-3,5,7-14,23H,4,6,15-19H2,1H3,(H,27,29). The summed E-state index contributed by atoms with van der Waals surface area (Å²) in [6.07, 6.45) is 10.3. The summed E-state index contributed by atoms with van der Waals surface area (Å²) in [4.78, 5) is 13.7. The molecule has 31 heavy (non-hydrogen) atoms. The first-order valence-corrected chi connectivity index (χ1v) is 12.2. The molecule has 162 valence electrons. The van der Waals surface area contributed by atoms with Crippen molar-refractivity contribution in [2.75, 3.05) is 18.4 Å². The van der Waals surface area contributed by atoms with Crippen LogP contribution in [0.2, 0.25) is 0 Å². The van der Waals surface area contributed by atoms with Gasteiger partial charge in [-0.3, -0.25) is 4.79 Å². The predicted octanol–water partition coefficient (Wildman–Crippen LogP) is 5.13. The van der Waals surface area contributed by atoms with Crippen molar-refractivity contribution in [1.29, 1.82) is 0 Å². The van der Waals surface area contributed by atoms with E-state index in [1.807, 2.05) is 28.6 Å². The lowest BCUT2D eigenvalue weighted by atomic mass is 9.97. The predicted molar refractivity (Wildman–Crippen MR) is 128 cm³/mol. The molecule has 0 spiro atoms. The number of carbonyl (C=O) groups excluding carboxylic acids is 1. The molecule has 1 unspecified atom stereocenters. The van der Waals surface area contributed by atoms with Crippen molar-refractivity contribution in [3.05, 3.63) is 88.4 Å². The van der Waals surface area contributed by atoms with Gasteiger partial charge < -0.3 is 9.87 Å². The topological polar surface area (TPSA) is 55.4 Å². The summed E-state index contributed by atoms with van der Waals surface area (Å²) in [6, 6.07) is 16.7. The fraction of sp³-hybridized carbons (Fsp3) is 0.346. The van der Waals surface area contributed by atoms with Crippen molar-refractivity contribution in [2.45, 2.75) is 39.0 Å². The third-order valence-electron chi connectivity index (χ3n) is 6.01. The molecule has 2 aromatic rings. The lowest BCUT2D eigenvalue weighted by Crippen LogP contribution is -2.41. The number of nitrogens with zero attached hydrogens (tertiary/aromatic N) is 1. The number of nitrogens with one attached hydrogen (secondary N) is 1. The minimum Gasteiger partial charge on any atom is -0.593 e. The van der Waals surface area contributed by atoms with Crippen LogP contribution in [0.25, 0.3) is 0 Å². The van der Waals surface area contributed by atoms with Crippen LogP contribution in [0.3, 0.4) is 0 Å². The summed E-state index contributed by atoms with van der Waals surface area (Å²) in [5.41, 5.74) is 4.61. The quantitative estimate of drug-likeness (QED) is 0.641. The maximum Gasteiger partial charge on any atom is 0.227 e. The van der Waals surface area contributed by atoms with Gasteiger partial charge in [0.1, 0.15) is 0 Å². The Balaban J connectivity index is 1.26. The molecule has 1 fully saturated rings. The molecule has 4 nitrogen and oxygen atoms in total. The Labute approximate surface area is 188 Å². The highest BCUT2D eigenvalue weighted by molar-refractivity contribution is 7.93. The Hall–Kier alpha value is -2.34. The molecule has 0 saturated carbocycles. The van der Waals surface area contributed by atoms with Crippen LogP contribution in [-0.2, 0) is 22.6 Å². The summed E-state index contributed by atoms with van der Waals surface area (Å²) in [7, 11) is 0. The van der Waals surface area contributed by atoms with Crippen LogP contribution in [0.5, 0.6) is 0 Å². The van der Waals surface area contributed by atoms with E-state index < -0.39 is 11.4 Å². The van der Waals surface area contributed by atoms with Crippen LogP contribution in [0, 0.1) is 12.8 Å². The maximum atomic E-state index is 12.7. The van der Waals surface area contributed by atoms with Gasteiger partial charge in [0, 0.05) is 31.1 Å². The van der Waals surface area contributed by atoms with Gasteiger partial charge >= 0.3 is 0 Å². The Kier molecular flexibility index (Phi) is 7.28. The van der Waals surface area contributed by atoms with Gasteiger partial charge in [0.25, 0.3) is 0 Å². The van der Waals surface area contributed by atoms with E-state index in [1.54, 1.807) is 0 Å². The minimum atomic E-state index is -1.07. The minimum absolute atomic E-state index is 0.0271. The van der Waals surface area contributed by atoms with Crippen molar-refractivity contribution in [3.8, 4) is 0 Å². The second-order valence-electron chi connectivity index (χ2n) is 8.40. The van der Waals surface area contributed by atoms with Crippen LogP contribution in [0.1, 0.15) is 42.4 Å². The van der Waals surface area contributed by atoms with Crippen molar-refractivity contribution in [1.82, 2.24) is 4.31 Å². The number of anilines is 1. The van der Waals surface area contributed by atoms with E-state index in [0.717, 1.165) is 42.7 Å². The van der Waals surface area contributed by atoms with E-state index in [9.17, 15) is 9.35 Å². The van der Waals surface area contributed by atoms with Gasteiger partial charge in [0.15, 0.2) is 4.91 Å². The average Bonchev–Trinajstić information content (AvgIpc) is 2.82. The van der Waals surface area contributed by atoms with E-state index in [0.29, 0.717) is 13.1 Å². The monoisotopic (exact) mass is 434 g/mol. The summed E-state index contributed by atoms with van der Waals surface area (Å²) in [6.45, 7) is 3.49. The second kappa shape index (κ2) is 10.3. The lowest BCUT2D eigenvalue weighted by molar-refractivity contribution is -0.120. The Bertz CT molecular complexity index is 942. The number of rotatable bonds is 6.